The summed E-state index contributed by atoms with van der Waals surface area (Å²) in [5, 5.41) is 10.1. The largest absolute Gasteiger partial charge is 0.462 e. The molecular weight excluding hydrogens is 240 g/mol. The van der Waals surface area contributed by atoms with Gasteiger partial charge in [0.15, 0.2) is 0 Å². The predicted octanol–water partition coefficient (Wildman–Crippen LogP) is 2.44. The van der Waals surface area contributed by atoms with E-state index in [2.05, 4.69) is 4.98 Å². The first-order valence-electron chi connectivity index (χ1n) is 5.98. The van der Waals surface area contributed by atoms with Gasteiger partial charge in [-0.25, -0.2) is 4.79 Å². The number of benzene rings is 1. The number of fused-ring (bicyclic) bond motifs is 3. The zero-order valence-corrected chi connectivity index (χ0v) is 10.3. The Morgan fingerprint density at radius 3 is 2.95 bits per heavy atom. The van der Waals surface area contributed by atoms with Gasteiger partial charge in [-0.05, 0) is 13.0 Å². The lowest BCUT2D eigenvalue weighted by atomic mass is 10.2. The number of hydrogen-bond donors (Lipinski definition) is 0. The number of carbonyl (C=O) groups is 1. The van der Waals surface area contributed by atoms with Gasteiger partial charge in [0, 0.05) is 28.3 Å². The lowest BCUT2D eigenvalue weighted by Crippen LogP contribution is -2.06. The Morgan fingerprint density at radius 1 is 1.42 bits per heavy atom. The van der Waals surface area contributed by atoms with Crippen molar-refractivity contribution in [1.82, 2.24) is 4.98 Å². The Morgan fingerprint density at radius 2 is 2.21 bits per heavy atom. The first-order valence-corrected chi connectivity index (χ1v) is 5.98. The molecule has 0 saturated heterocycles. The molecule has 0 fully saturated rings. The molecule has 2 aromatic rings. The molecule has 0 N–H and O–H groups in total. The fourth-order valence-electron chi connectivity index (χ4n) is 2.21. The van der Waals surface area contributed by atoms with Crippen LogP contribution in [0.5, 0.6) is 0 Å². The van der Waals surface area contributed by atoms with Gasteiger partial charge in [0.2, 0.25) is 0 Å². The Bertz CT molecular complexity index is 769. The molecule has 1 aliphatic rings. The van der Waals surface area contributed by atoms with Crippen molar-refractivity contribution in [2.45, 2.75) is 6.92 Å². The molecule has 0 spiro atoms. The van der Waals surface area contributed by atoms with Crippen LogP contribution in [0, 0.1) is 11.3 Å². The summed E-state index contributed by atoms with van der Waals surface area (Å²) in [5.74, 6) is -0.569. The fourth-order valence-corrected chi connectivity index (χ4v) is 2.21. The van der Waals surface area contributed by atoms with E-state index in [1.165, 1.54) is 0 Å². The van der Waals surface area contributed by atoms with Crippen molar-refractivity contribution in [2.24, 2.45) is 0 Å². The molecule has 0 radical (unpaired) electrons. The van der Waals surface area contributed by atoms with Crippen molar-refractivity contribution in [2.75, 3.05) is 6.61 Å². The second kappa shape index (κ2) is 4.21. The van der Waals surface area contributed by atoms with Gasteiger partial charge in [-0.2, -0.15) is 5.26 Å². The molecule has 92 valence electrons. The number of carbonyl (C=O) groups excluding carboxylic acids is 1. The molecule has 0 amide bonds. The fraction of sp³-hybridized carbons (Fsp3) is 0.133. The summed E-state index contributed by atoms with van der Waals surface area (Å²) >= 11 is 0. The monoisotopic (exact) mass is 250 g/mol. The van der Waals surface area contributed by atoms with E-state index in [-0.39, 0.29) is 12.2 Å². The number of ether oxygens (including phenoxy) is 1. The molecule has 4 nitrogen and oxygen atoms in total. The average molecular weight is 250 g/mol. The smallest absolute Gasteiger partial charge is 0.349 e. The summed E-state index contributed by atoms with van der Waals surface area (Å²) in [5.41, 5.74) is 3.40. The number of nitriles is 1. The van der Waals surface area contributed by atoms with Crippen LogP contribution in [0.1, 0.15) is 18.1 Å². The Balaban J connectivity index is 2.16. The molecule has 0 unspecified atom stereocenters. The number of pyridine rings is 1. The molecule has 1 aromatic carbocycles. The molecule has 19 heavy (non-hydrogen) atoms. The number of hydrogen-bond acceptors (Lipinski definition) is 4. The third-order valence-corrected chi connectivity index (χ3v) is 3.07. The molecule has 0 saturated carbocycles. The minimum atomic E-state index is -0.569. The molecular formula is C15H10N2O2. The Hall–Kier alpha value is -2.67. The quantitative estimate of drug-likeness (QED) is 0.398. The first kappa shape index (κ1) is 11.4. The van der Waals surface area contributed by atoms with Gasteiger partial charge in [0.25, 0.3) is 0 Å². The van der Waals surface area contributed by atoms with Crippen LogP contribution in [0.25, 0.3) is 16.5 Å². The van der Waals surface area contributed by atoms with Gasteiger partial charge >= 0.3 is 5.97 Å². The lowest BCUT2D eigenvalue weighted by Gasteiger charge is -1.97. The number of nitrogens with zero attached hydrogens (tertiary/aromatic N) is 2. The molecule has 0 aliphatic heterocycles. The highest BCUT2D eigenvalue weighted by Crippen LogP contribution is 2.48. The average Bonchev–Trinajstić information content (AvgIpc) is 3.15. The van der Waals surface area contributed by atoms with Crippen molar-refractivity contribution < 1.29 is 9.53 Å². The highest BCUT2D eigenvalue weighted by atomic mass is 16.5. The number of rotatable bonds is 2. The van der Waals surface area contributed by atoms with Gasteiger partial charge < -0.3 is 4.74 Å². The van der Waals surface area contributed by atoms with Crippen LogP contribution >= 0.6 is 0 Å². The molecule has 0 atom stereocenters. The van der Waals surface area contributed by atoms with Crippen LogP contribution in [0.3, 0.4) is 0 Å². The second-order valence-electron chi connectivity index (χ2n) is 4.15. The maximum Gasteiger partial charge on any atom is 0.349 e. The Labute approximate surface area is 109 Å². The van der Waals surface area contributed by atoms with Crippen LogP contribution in [0.2, 0.25) is 0 Å². The molecule has 1 aromatic heterocycles. The Kier molecular flexibility index (Phi) is 2.53. The van der Waals surface area contributed by atoms with Gasteiger partial charge in [-0.1, -0.05) is 18.2 Å². The maximum atomic E-state index is 11.7. The van der Waals surface area contributed by atoms with Gasteiger partial charge in [0.1, 0.15) is 11.6 Å². The molecule has 1 heterocycles. The van der Waals surface area contributed by atoms with Crippen LogP contribution in [0.4, 0.5) is 0 Å². The third-order valence-electron chi connectivity index (χ3n) is 3.07. The standard InChI is InChI=1S/C15H10N2O2/c1-2-19-15(18)10(7-16)14-11-8-17-12-6-4-3-5-9(12)13(11)14/h3-6,8H,2H2,1H3. The normalized spacial score (nSPS) is 14.5. The summed E-state index contributed by atoms with van der Waals surface area (Å²) in [7, 11) is 0. The number of esters is 1. The van der Waals surface area contributed by atoms with Crippen molar-refractivity contribution >= 4 is 22.4 Å². The zero-order valence-electron chi connectivity index (χ0n) is 10.3. The van der Waals surface area contributed by atoms with Crippen LogP contribution in [-0.2, 0) is 9.53 Å². The molecule has 0 bridgehead atoms. The summed E-state index contributed by atoms with van der Waals surface area (Å²) in [6, 6.07) is 9.60. The highest BCUT2D eigenvalue weighted by molar-refractivity contribution is 6.19. The molecule has 3 rings (SSSR count). The molecule has 1 aliphatic carbocycles. The van der Waals surface area contributed by atoms with Crippen LogP contribution in [0.15, 0.2) is 36.0 Å². The van der Waals surface area contributed by atoms with E-state index >= 15 is 0 Å². The van der Waals surface area contributed by atoms with E-state index in [4.69, 9.17) is 10.00 Å². The van der Waals surface area contributed by atoms with E-state index in [1.54, 1.807) is 13.1 Å². The van der Waals surface area contributed by atoms with Crippen LogP contribution in [-0.4, -0.2) is 17.6 Å². The summed E-state index contributed by atoms with van der Waals surface area (Å²) in [6.45, 7) is 1.97. The van der Waals surface area contributed by atoms with Gasteiger partial charge in [-0.3, -0.25) is 4.98 Å². The first-order chi connectivity index (χ1) is 9.27. The summed E-state index contributed by atoms with van der Waals surface area (Å²) in [4.78, 5) is 16.0. The van der Waals surface area contributed by atoms with Crippen molar-refractivity contribution in [3.05, 3.63) is 47.2 Å². The van der Waals surface area contributed by atoms with E-state index in [1.807, 2.05) is 30.3 Å². The van der Waals surface area contributed by atoms with E-state index in [0.717, 1.165) is 22.0 Å². The van der Waals surface area contributed by atoms with Crippen molar-refractivity contribution in [3.8, 4) is 6.07 Å². The predicted molar refractivity (Wildman–Crippen MR) is 70.0 cm³/mol. The summed E-state index contributed by atoms with van der Waals surface area (Å²) < 4.78 is 4.90. The van der Waals surface area contributed by atoms with Crippen molar-refractivity contribution in [1.29, 1.82) is 5.26 Å². The summed E-state index contributed by atoms with van der Waals surface area (Å²) in [6.07, 6.45) is 1.70. The minimum absolute atomic E-state index is 0.0648. The number of para-hydroxylation sites is 1. The van der Waals surface area contributed by atoms with Crippen LogP contribution < -0.4 is 0 Å². The van der Waals surface area contributed by atoms with Crippen molar-refractivity contribution in [3.63, 3.8) is 0 Å². The highest BCUT2D eigenvalue weighted by Gasteiger charge is 2.34. The topological polar surface area (TPSA) is 63.0 Å². The van der Waals surface area contributed by atoms with E-state index < -0.39 is 5.97 Å². The lowest BCUT2D eigenvalue weighted by molar-refractivity contribution is -0.137. The van der Waals surface area contributed by atoms with E-state index in [9.17, 15) is 4.79 Å². The maximum absolute atomic E-state index is 11.7. The van der Waals surface area contributed by atoms with E-state index in [0.29, 0.717) is 5.57 Å². The minimum Gasteiger partial charge on any atom is -0.462 e. The number of aromatic nitrogens is 1. The second-order valence-corrected chi connectivity index (χ2v) is 4.15. The van der Waals surface area contributed by atoms with Gasteiger partial charge in [-0.15, -0.1) is 0 Å². The third kappa shape index (κ3) is 1.67. The van der Waals surface area contributed by atoms with Gasteiger partial charge in [0.05, 0.1) is 12.1 Å². The molecule has 4 heteroatoms. The SMILES string of the molecule is CCOC(=O)C(C#N)=C1c2cnc3ccccc3c21. The zero-order chi connectivity index (χ0) is 13.4.